The molecule has 2 amide bonds. The van der Waals surface area contributed by atoms with Gasteiger partial charge in [-0.1, -0.05) is 48.5 Å². The Kier molecular flexibility index (Phi) is 7.99. The molecule has 0 bridgehead atoms. The van der Waals surface area contributed by atoms with Crippen molar-refractivity contribution in [2.24, 2.45) is 5.92 Å². The van der Waals surface area contributed by atoms with Gasteiger partial charge in [-0.15, -0.1) is 0 Å². The van der Waals surface area contributed by atoms with Gasteiger partial charge in [-0.2, -0.15) is 0 Å². The fourth-order valence-corrected chi connectivity index (χ4v) is 4.66. The monoisotopic (exact) mass is 482 g/mol. The van der Waals surface area contributed by atoms with E-state index in [9.17, 15) is 14.4 Å². The van der Waals surface area contributed by atoms with Crippen LogP contribution in [0.2, 0.25) is 0 Å². The molecule has 1 fully saturated rings. The number of aliphatic carboxylic acids is 1. The van der Waals surface area contributed by atoms with E-state index in [1.54, 1.807) is 0 Å². The zero-order valence-corrected chi connectivity index (χ0v) is 19.6. The number of rotatable bonds is 10. The van der Waals surface area contributed by atoms with Crippen LogP contribution in [0, 0.1) is 5.92 Å². The molecule has 9 heteroatoms. The fraction of sp³-hybridized carbons (Fsp3) is 0.423. The van der Waals surface area contributed by atoms with Gasteiger partial charge in [0.15, 0.2) is 0 Å². The molecule has 2 aliphatic rings. The highest BCUT2D eigenvalue weighted by Crippen LogP contribution is 2.44. The van der Waals surface area contributed by atoms with Crippen molar-refractivity contribution in [1.29, 1.82) is 0 Å². The summed E-state index contributed by atoms with van der Waals surface area (Å²) < 4.78 is 16.2. The Morgan fingerprint density at radius 2 is 1.71 bits per heavy atom. The zero-order chi connectivity index (χ0) is 24.8. The van der Waals surface area contributed by atoms with Crippen molar-refractivity contribution in [3.05, 3.63) is 59.7 Å². The van der Waals surface area contributed by atoms with Crippen molar-refractivity contribution in [2.45, 2.75) is 31.0 Å². The number of hydrogen-bond donors (Lipinski definition) is 3. The van der Waals surface area contributed by atoms with Crippen LogP contribution < -0.4 is 10.6 Å². The first-order valence-electron chi connectivity index (χ1n) is 11.7. The number of carboxylic acids is 1. The van der Waals surface area contributed by atoms with Gasteiger partial charge in [-0.05, 0) is 28.7 Å². The molecule has 2 aromatic carbocycles. The number of carboxylic acid groups (broad SMARTS) is 1. The molecule has 0 aromatic heterocycles. The minimum Gasteiger partial charge on any atom is -0.481 e. The molecule has 1 unspecified atom stereocenters. The number of alkyl carbamates (subject to hydrolysis) is 1. The number of benzene rings is 2. The molecule has 0 spiro atoms. The molecule has 1 heterocycles. The number of amides is 2. The first-order valence-corrected chi connectivity index (χ1v) is 11.7. The topological polar surface area (TPSA) is 123 Å². The number of nitrogens with one attached hydrogen (secondary N) is 2. The quantitative estimate of drug-likeness (QED) is 0.476. The second kappa shape index (κ2) is 11.3. The van der Waals surface area contributed by atoms with Crippen molar-refractivity contribution in [2.75, 3.05) is 33.4 Å². The Balaban J connectivity index is 1.20. The van der Waals surface area contributed by atoms with E-state index in [0.717, 1.165) is 22.3 Å². The van der Waals surface area contributed by atoms with E-state index >= 15 is 0 Å². The summed E-state index contributed by atoms with van der Waals surface area (Å²) in [4.78, 5) is 35.7. The summed E-state index contributed by atoms with van der Waals surface area (Å²) in [6.45, 7) is 0.770. The lowest BCUT2D eigenvalue weighted by Gasteiger charge is -2.18. The lowest BCUT2D eigenvalue weighted by Crippen LogP contribution is -2.41. The predicted molar refractivity (Wildman–Crippen MR) is 127 cm³/mol. The van der Waals surface area contributed by atoms with E-state index in [4.69, 9.17) is 19.3 Å². The van der Waals surface area contributed by atoms with Crippen LogP contribution in [-0.2, 0) is 23.8 Å². The zero-order valence-electron chi connectivity index (χ0n) is 19.6. The smallest absolute Gasteiger partial charge is 0.407 e. The molecule has 186 valence electrons. The van der Waals surface area contributed by atoms with Crippen LogP contribution in [0.15, 0.2) is 48.5 Å². The van der Waals surface area contributed by atoms with Crippen LogP contribution in [0.25, 0.3) is 11.1 Å². The van der Waals surface area contributed by atoms with Crippen molar-refractivity contribution in [1.82, 2.24) is 10.6 Å². The fourth-order valence-electron chi connectivity index (χ4n) is 4.66. The summed E-state index contributed by atoms with van der Waals surface area (Å²) in [6, 6.07) is 16.2. The van der Waals surface area contributed by atoms with E-state index in [1.807, 2.05) is 24.3 Å². The van der Waals surface area contributed by atoms with E-state index < -0.39 is 24.1 Å². The summed E-state index contributed by atoms with van der Waals surface area (Å²) >= 11 is 0. The SMILES string of the molecule is COC(CCNC(=O)OCC1c2ccccc2-c2ccccc21)C(=O)NC[C@@H]1C[C@H](C(=O)O)CO1. The first-order chi connectivity index (χ1) is 17.0. The third-order valence-corrected chi connectivity index (χ3v) is 6.53. The van der Waals surface area contributed by atoms with Crippen molar-refractivity contribution < 1.29 is 33.7 Å². The van der Waals surface area contributed by atoms with Crippen molar-refractivity contribution in [3.8, 4) is 11.1 Å². The molecule has 9 nitrogen and oxygen atoms in total. The average molecular weight is 483 g/mol. The molecule has 4 rings (SSSR count). The highest BCUT2D eigenvalue weighted by molar-refractivity contribution is 5.81. The molecule has 1 aliphatic carbocycles. The van der Waals surface area contributed by atoms with Crippen molar-refractivity contribution in [3.63, 3.8) is 0 Å². The molecular weight excluding hydrogens is 452 g/mol. The highest BCUT2D eigenvalue weighted by Gasteiger charge is 2.31. The summed E-state index contributed by atoms with van der Waals surface area (Å²) in [6.07, 6.45) is -1.04. The van der Waals surface area contributed by atoms with Gasteiger partial charge in [0.05, 0.1) is 18.6 Å². The minimum atomic E-state index is -0.895. The molecule has 0 saturated carbocycles. The Morgan fingerprint density at radius 1 is 1.06 bits per heavy atom. The Labute approximate surface area is 203 Å². The van der Waals surface area contributed by atoms with Gasteiger partial charge in [0.1, 0.15) is 12.7 Å². The second-order valence-corrected chi connectivity index (χ2v) is 8.74. The van der Waals surface area contributed by atoms with E-state index in [-0.39, 0.29) is 50.7 Å². The number of carbonyl (C=O) groups excluding carboxylic acids is 2. The normalized spacial score (nSPS) is 19.5. The highest BCUT2D eigenvalue weighted by atomic mass is 16.5. The molecule has 1 saturated heterocycles. The molecule has 0 radical (unpaired) electrons. The first kappa shape index (κ1) is 24.7. The molecule has 2 aromatic rings. The van der Waals surface area contributed by atoms with Gasteiger partial charge in [0, 0.05) is 32.5 Å². The maximum absolute atomic E-state index is 12.4. The number of ether oxygens (including phenoxy) is 3. The summed E-state index contributed by atoms with van der Waals surface area (Å²) in [5, 5.41) is 14.4. The Hall–Kier alpha value is -3.43. The molecule has 35 heavy (non-hydrogen) atoms. The summed E-state index contributed by atoms with van der Waals surface area (Å²) in [7, 11) is 1.42. The van der Waals surface area contributed by atoms with Crippen LogP contribution in [0.3, 0.4) is 0 Å². The predicted octanol–water partition coefficient (Wildman–Crippen LogP) is 2.54. The van der Waals surface area contributed by atoms with Gasteiger partial charge in [-0.25, -0.2) is 4.79 Å². The maximum Gasteiger partial charge on any atom is 0.407 e. The maximum atomic E-state index is 12.4. The molecule has 1 aliphatic heterocycles. The minimum absolute atomic E-state index is 0.0239. The van der Waals surface area contributed by atoms with E-state index in [2.05, 4.69) is 34.9 Å². The molecular formula is C26H30N2O7. The van der Waals surface area contributed by atoms with Crippen LogP contribution in [0.4, 0.5) is 4.79 Å². The van der Waals surface area contributed by atoms with Crippen LogP contribution in [-0.4, -0.2) is 68.7 Å². The van der Waals surface area contributed by atoms with Gasteiger partial charge in [0.25, 0.3) is 0 Å². The largest absolute Gasteiger partial charge is 0.481 e. The van der Waals surface area contributed by atoms with Crippen molar-refractivity contribution >= 4 is 18.0 Å². The van der Waals surface area contributed by atoms with Crippen LogP contribution >= 0.6 is 0 Å². The Bertz CT molecular complexity index is 1030. The molecule has 3 N–H and O–H groups in total. The second-order valence-electron chi connectivity index (χ2n) is 8.74. The van der Waals surface area contributed by atoms with E-state index in [1.165, 1.54) is 7.11 Å². The third kappa shape index (κ3) is 5.80. The summed E-state index contributed by atoms with van der Waals surface area (Å²) in [5.74, 6) is -1.81. The number of fused-ring (bicyclic) bond motifs is 3. The lowest BCUT2D eigenvalue weighted by molar-refractivity contribution is -0.141. The van der Waals surface area contributed by atoms with E-state index in [0.29, 0.717) is 6.42 Å². The van der Waals surface area contributed by atoms with Gasteiger partial charge >= 0.3 is 12.1 Å². The van der Waals surface area contributed by atoms with Gasteiger partial charge < -0.3 is 30.0 Å². The van der Waals surface area contributed by atoms with Crippen LogP contribution in [0.1, 0.15) is 29.9 Å². The third-order valence-electron chi connectivity index (χ3n) is 6.53. The number of methoxy groups -OCH3 is 1. The number of hydrogen-bond acceptors (Lipinski definition) is 6. The summed E-state index contributed by atoms with van der Waals surface area (Å²) in [5.41, 5.74) is 4.59. The molecule has 3 atom stereocenters. The van der Waals surface area contributed by atoms with Gasteiger partial charge in [0.2, 0.25) is 5.91 Å². The number of carbonyl (C=O) groups is 3. The van der Waals surface area contributed by atoms with Gasteiger partial charge in [-0.3, -0.25) is 9.59 Å². The average Bonchev–Trinajstić information content (AvgIpc) is 3.47. The lowest BCUT2D eigenvalue weighted by atomic mass is 9.98. The Morgan fingerprint density at radius 3 is 2.31 bits per heavy atom. The standard InChI is InChI=1S/C26H30N2O7/c1-33-23(24(29)28-13-17-12-16(14-34-17)25(30)31)10-11-27-26(32)35-15-22-20-8-4-2-6-18(20)19-7-3-5-9-21(19)22/h2-9,16-17,22-23H,10-15H2,1H3,(H,27,32)(H,28,29)(H,30,31)/t16-,17-,23?/m0/s1. The van der Waals surface area contributed by atoms with Crippen LogP contribution in [0.5, 0.6) is 0 Å².